The van der Waals surface area contributed by atoms with Crippen molar-refractivity contribution in [1.82, 2.24) is 5.32 Å². The van der Waals surface area contributed by atoms with Crippen molar-refractivity contribution in [3.8, 4) is 0 Å². The van der Waals surface area contributed by atoms with Gasteiger partial charge in [-0.2, -0.15) is 0 Å². The van der Waals surface area contributed by atoms with E-state index in [-0.39, 0.29) is 6.42 Å². The number of aliphatic hydroxyl groups excluding tert-OH is 1. The molecule has 84 valence electrons. The summed E-state index contributed by atoms with van der Waals surface area (Å²) in [4.78, 5) is 10.2. The van der Waals surface area contributed by atoms with Crippen LogP contribution < -0.4 is 5.32 Å². The first kappa shape index (κ1) is 13.4. The van der Waals surface area contributed by atoms with E-state index in [2.05, 4.69) is 12.2 Å². The molecule has 4 nitrogen and oxygen atoms in total. The minimum atomic E-state index is -0.852. The first-order valence-electron chi connectivity index (χ1n) is 5.27. The summed E-state index contributed by atoms with van der Waals surface area (Å²) in [6, 6.07) is 0. The van der Waals surface area contributed by atoms with E-state index in [0.29, 0.717) is 13.0 Å². The number of rotatable bonds is 9. The highest BCUT2D eigenvalue weighted by molar-refractivity contribution is 5.66. The summed E-state index contributed by atoms with van der Waals surface area (Å²) in [7, 11) is 0. The highest BCUT2D eigenvalue weighted by Gasteiger charge is 2.05. The molecule has 0 aromatic rings. The molecule has 0 aliphatic carbocycles. The Bertz CT molecular complexity index is 150. The van der Waals surface area contributed by atoms with Crippen molar-refractivity contribution in [3.63, 3.8) is 0 Å². The fraction of sp³-hybridized carbons (Fsp3) is 0.900. The summed E-state index contributed by atoms with van der Waals surface area (Å²) >= 11 is 0. The first-order chi connectivity index (χ1) is 6.66. The Hall–Kier alpha value is -0.610. The SMILES string of the molecule is CCCCCNCC(O)CCC(=O)O. The number of carbonyl (C=O) groups is 1. The minimum absolute atomic E-state index is 0.0395. The Morgan fingerprint density at radius 2 is 2.14 bits per heavy atom. The van der Waals surface area contributed by atoms with Crippen LogP contribution >= 0.6 is 0 Å². The molecule has 0 aromatic carbocycles. The number of carboxylic acids is 1. The van der Waals surface area contributed by atoms with Crippen LogP contribution in [0.3, 0.4) is 0 Å². The van der Waals surface area contributed by atoms with Gasteiger partial charge in [0.2, 0.25) is 0 Å². The number of hydrogen-bond acceptors (Lipinski definition) is 3. The molecule has 3 N–H and O–H groups in total. The van der Waals surface area contributed by atoms with Crippen molar-refractivity contribution in [2.45, 2.75) is 45.1 Å². The third kappa shape index (κ3) is 9.48. The van der Waals surface area contributed by atoms with Crippen LogP contribution in [-0.2, 0) is 4.79 Å². The lowest BCUT2D eigenvalue weighted by Gasteiger charge is -2.10. The molecule has 0 heterocycles. The summed E-state index contributed by atoms with van der Waals surface area (Å²) in [6.45, 7) is 3.54. The molecule has 0 radical (unpaired) electrons. The van der Waals surface area contributed by atoms with Gasteiger partial charge in [-0.1, -0.05) is 19.8 Å². The summed E-state index contributed by atoms with van der Waals surface area (Å²) in [5.41, 5.74) is 0. The summed E-state index contributed by atoms with van der Waals surface area (Å²) < 4.78 is 0. The van der Waals surface area contributed by atoms with Gasteiger partial charge < -0.3 is 15.5 Å². The van der Waals surface area contributed by atoms with E-state index >= 15 is 0 Å². The van der Waals surface area contributed by atoms with E-state index in [0.717, 1.165) is 13.0 Å². The van der Waals surface area contributed by atoms with E-state index in [1.54, 1.807) is 0 Å². The Kier molecular flexibility index (Phi) is 8.57. The van der Waals surface area contributed by atoms with Gasteiger partial charge in [0.25, 0.3) is 0 Å². The molecule has 0 spiro atoms. The summed E-state index contributed by atoms with van der Waals surface area (Å²) in [6.07, 6.45) is 3.32. The van der Waals surface area contributed by atoms with Gasteiger partial charge in [0.15, 0.2) is 0 Å². The molecule has 0 aliphatic heterocycles. The number of carboxylic acid groups (broad SMARTS) is 1. The maximum atomic E-state index is 10.2. The van der Waals surface area contributed by atoms with Gasteiger partial charge in [0.05, 0.1) is 6.10 Å². The lowest BCUT2D eigenvalue weighted by atomic mass is 10.2. The molecule has 0 saturated heterocycles. The number of aliphatic hydroxyl groups is 1. The largest absolute Gasteiger partial charge is 0.481 e. The molecule has 0 fully saturated rings. The molecular weight excluding hydrogens is 182 g/mol. The maximum Gasteiger partial charge on any atom is 0.303 e. The number of aliphatic carboxylic acids is 1. The van der Waals surface area contributed by atoms with Crippen LogP contribution in [0.15, 0.2) is 0 Å². The number of nitrogens with one attached hydrogen (secondary N) is 1. The van der Waals surface area contributed by atoms with E-state index in [9.17, 15) is 9.90 Å². The lowest BCUT2D eigenvalue weighted by molar-refractivity contribution is -0.137. The molecule has 0 aromatic heterocycles. The second-order valence-corrected chi connectivity index (χ2v) is 3.50. The Morgan fingerprint density at radius 3 is 2.71 bits per heavy atom. The van der Waals surface area contributed by atoms with Crippen molar-refractivity contribution >= 4 is 5.97 Å². The minimum Gasteiger partial charge on any atom is -0.481 e. The smallest absolute Gasteiger partial charge is 0.303 e. The molecule has 4 heteroatoms. The fourth-order valence-corrected chi connectivity index (χ4v) is 1.16. The van der Waals surface area contributed by atoms with Crippen molar-refractivity contribution < 1.29 is 15.0 Å². The highest BCUT2D eigenvalue weighted by atomic mass is 16.4. The van der Waals surface area contributed by atoms with Gasteiger partial charge in [-0.3, -0.25) is 4.79 Å². The van der Waals surface area contributed by atoms with Crippen molar-refractivity contribution in [2.75, 3.05) is 13.1 Å². The van der Waals surface area contributed by atoms with Crippen LogP contribution in [0.4, 0.5) is 0 Å². The second kappa shape index (κ2) is 8.97. The molecule has 14 heavy (non-hydrogen) atoms. The van der Waals surface area contributed by atoms with Crippen LogP contribution in [0.25, 0.3) is 0 Å². The molecule has 0 amide bonds. The molecule has 0 saturated carbocycles. The maximum absolute atomic E-state index is 10.2. The van der Waals surface area contributed by atoms with Gasteiger partial charge in [0.1, 0.15) is 0 Å². The normalized spacial score (nSPS) is 12.7. The topological polar surface area (TPSA) is 69.6 Å². The molecule has 1 unspecified atom stereocenters. The zero-order valence-corrected chi connectivity index (χ0v) is 8.83. The molecule has 0 bridgehead atoms. The quantitative estimate of drug-likeness (QED) is 0.489. The molecular formula is C10H21NO3. The van der Waals surface area contributed by atoms with E-state index in [4.69, 9.17) is 5.11 Å². The zero-order chi connectivity index (χ0) is 10.8. The van der Waals surface area contributed by atoms with Crippen LogP contribution in [0.1, 0.15) is 39.0 Å². The van der Waals surface area contributed by atoms with Crippen LogP contribution in [0, 0.1) is 0 Å². The molecule has 0 rings (SSSR count). The second-order valence-electron chi connectivity index (χ2n) is 3.50. The Morgan fingerprint density at radius 1 is 1.43 bits per heavy atom. The van der Waals surface area contributed by atoms with Gasteiger partial charge in [-0.15, -0.1) is 0 Å². The monoisotopic (exact) mass is 203 g/mol. The lowest BCUT2D eigenvalue weighted by Crippen LogP contribution is -2.28. The first-order valence-corrected chi connectivity index (χ1v) is 5.27. The van der Waals surface area contributed by atoms with E-state index in [1.807, 2.05) is 0 Å². The zero-order valence-electron chi connectivity index (χ0n) is 8.83. The van der Waals surface area contributed by atoms with Gasteiger partial charge in [-0.05, 0) is 19.4 Å². The summed E-state index contributed by atoms with van der Waals surface area (Å²) in [5, 5.41) is 20.8. The fourth-order valence-electron chi connectivity index (χ4n) is 1.16. The number of unbranched alkanes of at least 4 members (excludes halogenated alkanes) is 2. The van der Waals surface area contributed by atoms with Gasteiger partial charge in [-0.25, -0.2) is 0 Å². The summed E-state index contributed by atoms with van der Waals surface area (Å²) in [5.74, 6) is -0.852. The highest BCUT2D eigenvalue weighted by Crippen LogP contribution is 1.96. The van der Waals surface area contributed by atoms with E-state index in [1.165, 1.54) is 12.8 Å². The average molecular weight is 203 g/mol. The molecule has 0 aliphatic rings. The molecule has 1 atom stereocenters. The standard InChI is InChI=1S/C10H21NO3/c1-2-3-4-7-11-8-9(12)5-6-10(13)14/h9,11-12H,2-8H2,1H3,(H,13,14). The van der Waals surface area contributed by atoms with Crippen molar-refractivity contribution in [3.05, 3.63) is 0 Å². The van der Waals surface area contributed by atoms with Crippen LogP contribution in [0.5, 0.6) is 0 Å². The van der Waals surface area contributed by atoms with Gasteiger partial charge in [0, 0.05) is 13.0 Å². The predicted molar refractivity (Wildman–Crippen MR) is 55.3 cm³/mol. The third-order valence-corrected chi connectivity index (χ3v) is 2.03. The average Bonchev–Trinajstić information content (AvgIpc) is 2.14. The van der Waals surface area contributed by atoms with Crippen LogP contribution in [0.2, 0.25) is 0 Å². The Labute approximate surface area is 85.3 Å². The Balaban J connectivity index is 3.18. The van der Waals surface area contributed by atoms with Crippen molar-refractivity contribution in [1.29, 1.82) is 0 Å². The van der Waals surface area contributed by atoms with E-state index < -0.39 is 12.1 Å². The van der Waals surface area contributed by atoms with Crippen molar-refractivity contribution in [2.24, 2.45) is 0 Å². The number of hydrogen-bond donors (Lipinski definition) is 3. The van der Waals surface area contributed by atoms with Gasteiger partial charge >= 0.3 is 5.97 Å². The third-order valence-electron chi connectivity index (χ3n) is 2.03. The van der Waals surface area contributed by atoms with Crippen LogP contribution in [-0.4, -0.2) is 35.4 Å². The predicted octanol–water partition coefficient (Wildman–Crippen LogP) is 0.992.